The molecular weight excluding hydrogens is 292 g/mol. The van der Waals surface area contributed by atoms with Crippen molar-refractivity contribution in [3.05, 3.63) is 55.0 Å². The zero-order valence-electron chi connectivity index (χ0n) is 12.7. The monoisotopic (exact) mass is 308 g/mol. The van der Waals surface area contributed by atoms with Gasteiger partial charge in [0.05, 0.1) is 18.0 Å². The number of aromatic nitrogens is 4. The maximum Gasteiger partial charge on any atom is 0.327 e. The largest absolute Gasteiger partial charge is 0.465 e. The van der Waals surface area contributed by atoms with Gasteiger partial charge in [0.2, 0.25) is 0 Å². The van der Waals surface area contributed by atoms with Gasteiger partial charge in [0.25, 0.3) is 0 Å². The second-order valence-corrected chi connectivity index (χ2v) is 4.82. The highest BCUT2D eigenvalue weighted by Crippen LogP contribution is 2.28. The minimum atomic E-state index is -0.324. The molecule has 0 unspecified atom stereocenters. The van der Waals surface area contributed by atoms with Gasteiger partial charge in [-0.05, 0) is 31.2 Å². The Balaban J connectivity index is 2.02. The fourth-order valence-corrected chi connectivity index (χ4v) is 2.24. The van der Waals surface area contributed by atoms with E-state index < -0.39 is 0 Å². The van der Waals surface area contributed by atoms with E-state index in [0.717, 1.165) is 17.0 Å². The van der Waals surface area contributed by atoms with Crippen LogP contribution in [-0.2, 0) is 16.1 Å². The Bertz CT molecular complexity index is 728. The van der Waals surface area contributed by atoms with Crippen molar-refractivity contribution in [3.63, 3.8) is 0 Å². The Kier molecular flexibility index (Phi) is 4.42. The van der Waals surface area contributed by atoms with E-state index in [9.17, 15) is 4.79 Å². The molecule has 0 spiro atoms. The summed E-state index contributed by atoms with van der Waals surface area (Å²) in [6, 6.07) is 11.3. The number of ether oxygens (including phenoxy) is 1. The second-order valence-electron chi connectivity index (χ2n) is 4.82. The van der Waals surface area contributed by atoms with Crippen molar-refractivity contribution in [1.82, 2.24) is 19.7 Å². The molecule has 0 N–H and O–H groups in total. The Morgan fingerprint density at radius 2 is 1.78 bits per heavy atom. The first-order valence-electron chi connectivity index (χ1n) is 7.34. The molecule has 0 aliphatic rings. The molecule has 0 saturated carbocycles. The summed E-state index contributed by atoms with van der Waals surface area (Å²) in [5.41, 5.74) is 3.03. The lowest BCUT2D eigenvalue weighted by Crippen LogP contribution is -2.13. The Labute approximate surface area is 133 Å². The fourth-order valence-electron chi connectivity index (χ4n) is 2.24. The smallest absolute Gasteiger partial charge is 0.327 e. The number of nitrogens with zero attached hydrogens (tertiary/aromatic N) is 4. The number of carbonyl (C=O) groups excluding carboxylic acids is 1. The van der Waals surface area contributed by atoms with Crippen molar-refractivity contribution in [3.8, 4) is 22.6 Å². The van der Waals surface area contributed by atoms with Gasteiger partial charge in [-0.2, -0.15) is 5.10 Å². The molecule has 3 aromatic heterocycles. The lowest BCUT2D eigenvalue weighted by Gasteiger charge is -2.01. The van der Waals surface area contributed by atoms with E-state index in [0.29, 0.717) is 12.3 Å². The molecule has 0 saturated heterocycles. The van der Waals surface area contributed by atoms with Crippen LogP contribution in [0.1, 0.15) is 6.92 Å². The SMILES string of the molecule is CCOC(=O)Cn1cc(-c2ccccn2)c(-c2ccccn2)n1. The van der Waals surface area contributed by atoms with Gasteiger partial charge in [-0.3, -0.25) is 19.4 Å². The summed E-state index contributed by atoms with van der Waals surface area (Å²) in [6.45, 7) is 2.18. The summed E-state index contributed by atoms with van der Waals surface area (Å²) in [5.74, 6) is -0.324. The van der Waals surface area contributed by atoms with Gasteiger partial charge in [0, 0.05) is 24.2 Å². The van der Waals surface area contributed by atoms with Crippen molar-refractivity contribution < 1.29 is 9.53 Å². The average molecular weight is 308 g/mol. The molecule has 0 fully saturated rings. The minimum absolute atomic E-state index is 0.0561. The van der Waals surface area contributed by atoms with Crippen molar-refractivity contribution >= 4 is 5.97 Å². The van der Waals surface area contributed by atoms with Gasteiger partial charge in [0.15, 0.2) is 0 Å². The Hall–Kier alpha value is -3.02. The highest BCUT2D eigenvalue weighted by atomic mass is 16.5. The van der Waals surface area contributed by atoms with Crippen molar-refractivity contribution in [2.24, 2.45) is 0 Å². The van der Waals surface area contributed by atoms with E-state index in [4.69, 9.17) is 4.74 Å². The first-order chi connectivity index (χ1) is 11.3. The van der Waals surface area contributed by atoms with Crippen LogP contribution in [0, 0.1) is 0 Å². The molecule has 6 nitrogen and oxygen atoms in total. The zero-order chi connectivity index (χ0) is 16.1. The van der Waals surface area contributed by atoms with E-state index in [1.165, 1.54) is 0 Å². The summed E-state index contributed by atoms with van der Waals surface area (Å²) < 4.78 is 6.54. The van der Waals surface area contributed by atoms with Gasteiger partial charge in [0.1, 0.15) is 12.2 Å². The van der Waals surface area contributed by atoms with Crippen LogP contribution >= 0.6 is 0 Å². The Morgan fingerprint density at radius 1 is 1.09 bits per heavy atom. The van der Waals surface area contributed by atoms with Crippen LogP contribution in [0.25, 0.3) is 22.6 Å². The van der Waals surface area contributed by atoms with Gasteiger partial charge < -0.3 is 4.74 Å². The number of hydrogen-bond donors (Lipinski definition) is 0. The maximum absolute atomic E-state index is 11.7. The van der Waals surface area contributed by atoms with Crippen LogP contribution in [0.5, 0.6) is 0 Å². The predicted molar refractivity (Wildman–Crippen MR) is 85.3 cm³/mol. The van der Waals surface area contributed by atoms with Gasteiger partial charge in [-0.15, -0.1) is 0 Å². The topological polar surface area (TPSA) is 69.9 Å². The quantitative estimate of drug-likeness (QED) is 0.678. The lowest BCUT2D eigenvalue weighted by atomic mass is 10.1. The highest BCUT2D eigenvalue weighted by molar-refractivity contribution is 5.77. The zero-order valence-corrected chi connectivity index (χ0v) is 12.7. The number of hydrogen-bond acceptors (Lipinski definition) is 5. The summed E-state index contributed by atoms with van der Waals surface area (Å²) in [4.78, 5) is 20.4. The van der Waals surface area contributed by atoms with Crippen LogP contribution in [-0.4, -0.2) is 32.3 Å². The van der Waals surface area contributed by atoms with E-state index in [1.807, 2.05) is 36.4 Å². The summed E-state index contributed by atoms with van der Waals surface area (Å²) in [7, 11) is 0. The lowest BCUT2D eigenvalue weighted by molar-refractivity contribution is -0.144. The summed E-state index contributed by atoms with van der Waals surface area (Å²) in [6.07, 6.45) is 5.23. The van der Waals surface area contributed by atoms with E-state index in [-0.39, 0.29) is 12.5 Å². The van der Waals surface area contributed by atoms with Crippen LogP contribution < -0.4 is 0 Å². The minimum Gasteiger partial charge on any atom is -0.465 e. The van der Waals surface area contributed by atoms with Crippen molar-refractivity contribution in [2.75, 3.05) is 6.61 Å². The van der Waals surface area contributed by atoms with Gasteiger partial charge >= 0.3 is 5.97 Å². The van der Waals surface area contributed by atoms with Gasteiger partial charge in [-0.25, -0.2) is 0 Å². The standard InChI is InChI=1S/C17H16N4O2/c1-2-23-16(22)12-21-11-13(14-7-3-5-9-18-14)17(20-21)15-8-4-6-10-19-15/h3-11H,2,12H2,1H3. The molecule has 116 valence electrons. The molecule has 0 aromatic carbocycles. The number of rotatable bonds is 5. The molecule has 0 bridgehead atoms. The highest BCUT2D eigenvalue weighted by Gasteiger charge is 2.16. The maximum atomic E-state index is 11.7. The Morgan fingerprint density at radius 3 is 2.39 bits per heavy atom. The average Bonchev–Trinajstić information content (AvgIpc) is 3.00. The van der Waals surface area contributed by atoms with E-state index in [2.05, 4.69) is 15.1 Å². The van der Waals surface area contributed by atoms with Crippen LogP contribution in [0.15, 0.2) is 55.0 Å². The number of esters is 1. The molecular formula is C17H16N4O2. The molecule has 0 aliphatic heterocycles. The number of pyridine rings is 2. The molecule has 3 heterocycles. The third-order valence-corrected chi connectivity index (χ3v) is 3.21. The molecule has 0 amide bonds. The van der Waals surface area contributed by atoms with Crippen molar-refractivity contribution in [2.45, 2.75) is 13.5 Å². The molecule has 3 rings (SSSR count). The number of carbonyl (C=O) groups is 1. The second kappa shape index (κ2) is 6.83. The molecule has 6 heteroatoms. The summed E-state index contributed by atoms with van der Waals surface area (Å²) in [5, 5.41) is 4.49. The normalized spacial score (nSPS) is 10.5. The molecule has 23 heavy (non-hydrogen) atoms. The van der Waals surface area contributed by atoms with Crippen LogP contribution in [0.3, 0.4) is 0 Å². The molecule has 0 radical (unpaired) electrons. The van der Waals surface area contributed by atoms with Crippen LogP contribution in [0.2, 0.25) is 0 Å². The third-order valence-electron chi connectivity index (χ3n) is 3.21. The first-order valence-corrected chi connectivity index (χ1v) is 7.34. The molecule has 0 aliphatic carbocycles. The third kappa shape index (κ3) is 3.42. The van der Waals surface area contributed by atoms with E-state index >= 15 is 0 Å². The van der Waals surface area contributed by atoms with E-state index in [1.54, 1.807) is 30.2 Å². The predicted octanol–water partition coefficient (Wildman–Crippen LogP) is 2.57. The first kappa shape index (κ1) is 14.9. The summed E-state index contributed by atoms with van der Waals surface area (Å²) >= 11 is 0. The molecule has 0 atom stereocenters. The van der Waals surface area contributed by atoms with Crippen LogP contribution in [0.4, 0.5) is 0 Å². The van der Waals surface area contributed by atoms with Crippen molar-refractivity contribution in [1.29, 1.82) is 0 Å². The molecule has 3 aromatic rings. The fraction of sp³-hybridized carbons (Fsp3) is 0.176. The van der Waals surface area contributed by atoms with Gasteiger partial charge in [-0.1, -0.05) is 12.1 Å².